The molecule has 1 N–H and O–H groups in total. The molecule has 7 nitrogen and oxygen atoms in total. The normalized spacial score (nSPS) is 17.0. The lowest BCUT2D eigenvalue weighted by atomic mass is 9.83. The summed E-state index contributed by atoms with van der Waals surface area (Å²) in [7, 11) is 3.27. The molecule has 3 aromatic rings. The SMILES string of the molecule is COc1cccc([C@@H](c2ccccc2)C2CN(C)C(=O)c3c(O)c(=O)cnn32)c1. The zero-order valence-electron chi connectivity index (χ0n) is 16.1. The second-order valence-corrected chi connectivity index (χ2v) is 7.07. The fraction of sp³-hybridized carbons (Fsp3) is 0.227. The number of likely N-dealkylation sites (N-methyl/N-ethyl adjacent to an activating group) is 1. The number of rotatable bonds is 4. The molecule has 0 bridgehead atoms. The molecular weight excluding hydrogens is 370 g/mol. The van der Waals surface area contributed by atoms with Crippen LogP contribution < -0.4 is 10.2 Å². The zero-order chi connectivity index (χ0) is 20.5. The van der Waals surface area contributed by atoms with Crippen LogP contribution in [-0.4, -0.2) is 46.4 Å². The van der Waals surface area contributed by atoms with E-state index in [9.17, 15) is 14.7 Å². The van der Waals surface area contributed by atoms with Crippen molar-refractivity contribution in [2.45, 2.75) is 12.0 Å². The van der Waals surface area contributed by atoms with Crippen molar-refractivity contribution < 1.29 is 14.6 Å². The molecule has 2 aromatic carbocycles. The van der Waals surface area contributed by atoms with E-state index in [1.165, 1.54) is 9.58 Å². The van der Waals surface area contributed by atoms with Gasteiger partial charge >= 0.3 is 0 Å². The highest BCUT2D eigenvalue weighted by molar-refractivity contribution is 5.95. The molecule has 1 aromatic heterocycles. The summed E-state index contributed by atoms with van der Waals surface area (Å²) in [6, 6.07) is 17.3. The number of hydrogen-bond acceptors (Lipinski definition) is 5. The maximum Gasteiger partial charge on any atom is 0.275 e. The number of hydrogen-bond donors (Lipinski definition) is 1. The first-order valence-electron chi connectivity index (χ1n) is 9.26. The van der Waals surface area contributed by atoms with Gasteiger partial charge in [0.1, 0.15) is 5.75 Å². The molecule has 148 valence electrons. The van der Waals surface area contributed by atoms with Crippen LogP contribution in [0.2, 0.25) is 0 Å². The van der Waals surface area contributed by atoms with Crippen molar-refractivity contribution in [3.05, 3.63) is 87.8 Å². The van der Waals surface area contributed by atoms with Crippen molar-refractivity contribution in [2.75, 3.05) is 20.7 Å². The fourth-order valence-corrected chi connectivity index (χ4v) is 3.91. The Morgan fingerprint density at radius 3 is 2.55 bits per heavy atom. The molecule has 0 fully saturated rings. The van der Waals surface area contributed by atoms with Crippen LogP contribution in [0.5, 0.6) is 11.5 Å². The molecule has 29 heavy (non-hydrogen) atoms. The second-order valence-electron chi connectivity index (χ2n) is 7.07. The van der Waals surface area contributed by atoms with Crippen LogP contribution in [0.3, 0.4) is 0 Å². The zero-order valence-corrected chi connectivity index (χ0v) is 16.1. The van der Waals surface area contributed by atoms with Gasteiger partial charge in [-0.25, -0.2) is 0 Å². The first kappa shape index (κ1) is 18.7. The predicted octanol–water partition coefficient (Wildman–Crippen LogP) is 2.42. The van der Waals surface area contributed by atoms with E-state index in [0.29, 0.717) is 6.54 Å². The summed E-state index contributed by atoms with van der Waals surface area (Å²) in [4.78, 5) is 26.1. The summed E-state index contributed by atoms with van der Waals surface area (Å²) in [5, 5.41) is 14.5. The molecule has 7 heteroatoms. The standard InChI is InChI=1S/C22H21N3O4/c1-24-13-17(25-20(22(24)28)21(27)18(26)12-23-25)19(14-7-4-3-5-8-14)15-9-6-10-16(11-15)29-2/h3-12,17,19,27H,13H2,1-2H3/t17?,19-/m1/s1. The van der Waals surface area contributed by atoms with Gasteiger partial charge in [-0.15, -0.1) is 0 Å². The number of methoxy groups -OCH3 is 1. The fourth-order valence-electron chi connectivity index (χ4n) is 3.91. The van der Waals surface area contributed by atoms with E-state index in [-0.39, 0.29) is 17.7 Å². The minimum atomic E-state index is -0.670. The summed E-state index contributed by atoms with van der Waals surface area (Å²) < 4.78 is 6.88. The second kappa shape index (κ2) is 7.43. The Morgan fingerprint density at radius 1 is 1.10 bits per heavy atom. The quantitative estimate of drug-likeness (QED) is 0.738. The summed E-state index contributed by atoms with van der Waals surface area (Å²) in [6.07, 6.45) is 1.05. The highest BCUT2D eigenvalue weighted by atomic mass is 16.5. The van der Waals surface area contributed by atoms with Crippen LogP contribution in [0.25, 0.3) is 0 Å². The number of aromatic hydroxyl groups is 1. The molecule has 1 aliphatic rings. The topological polar surface area (TPSA) is 84.7 Å². The first-order chi connectivity index (χ1) is 14.0. The van der Waals surface area contributed by atoms with Gasteiger partial charge in [-0.05, 0) is 23.3 Å². The average molecular weight is 391 g/mol. The van der Waals surface area contributed by atoms with Crippen LogP contribution in [0.4, 0.5) is 0 Å². The van der Waals surface area contributed by atoms with Gasteiger partial charge in [0.25, 0.3) is 5.91 Å². The number of aromatic nitrogens is 2. The summed E-state index contributed by atoms with van der Waals surface area (Å²) in [5.41, 5.74) is 1.25. The Morgan fingerprint density at radius 2 is 1.83 bits per heavy atom. The molecule has 2 atom stereocenters. The average Bonchev–Trinajstić information content (AvgIpc) is 2.75. The van der Waals surface area contributed by atoms with E-state index in [1.807, 2.05) is 54.6 Å². The van der Waals surface area contributed by atoms with E-state index in [0.717, 1.165) is 23.1 Å². The highest BCUT2D eigenvalue weighted by Crippen LogP contribution is 2.39. The Balaban J connectivity index is 1.94. The largest absolute Gasteiger partial charge is 0.502 e. The van der Waals surface area contributed by atoms with Gasteiger partial charge in [0.2, 0.25) is 5.43 Å². The van der Waals surface area contributed by atoms with Crippen LogP contribution in [0.1, 0.15) is 33.6 Å². The number of fused-ring (bicyclic) bond motifs is 1. The monoisotopic (exact) mass is 391 g/mol. The van der Waals surface area contributed by atoms with E-state index in [2.05, 4.69) is 5.10 Å². The van der Waals surface area contributed by atoms with E-state index in [1.54, 1.807) is 14.2 Å². The third-order valence-electron chi connectivity index (χ3n) is 5.31. The number of carbonyl (C=O) groups excluding carboxylic acids is 1. The molecule has 1 amide bonds. The number of nitrogens with zero attached hydrogens (tertiary/aromatic N) is 3. The molecule has 0 saturated carbocycles. The van der Waals surface area contributed by atoms with Gasteiger partial charge in [0.05, 0.1) is 19.3 Å². The Labute approximate surface area is 167 Å². The van der Waals surface area contributed by atoms with Gasteiger partial charge in [-0.1, -0.05) is 42.5 Å². The third-order valence-corrected chi connectivity index (χ3v) is 5.31. The minimum Gasteiger partial charge on any atom is -0.502 e. The lowest BCUT2D eigenvalue weighted by Gasteiger charge is -2.37. The number of benzene rings is 2. The van der Waals surface area contributed by atoms with E-state index < -0.39 is 17.1 Å². The summed E-state index contributed by atoms with van der Waals surface area (Å²) in [5.74, 6) is -0.463. The van der Waals surface area contributed by atoms with Crippen LogP contribution >= 0.6 is 0 Å². The van der Waals surface area contributed by atoms with Crippen molar-refractivity contribution in [3.63, 3.8) is 0 Å². The van der Waals surface area contributed by atoms with Crippen molar-refractivity contribution in [1.82, 2.24) is 14.7 Å². The Bertz CT molecular complexity index is 1110. The van der Waals surface area contributed by atoms with Crippen LogP contribution in [0.15, 0.2) is 65.6 Å². The van der Waals surface area contributed by atoms with Crippen molar-refractivity contribution in [1.29, 1.82) is 0 Å². The first-order valence-corrected chi connectivity index (χ1v) is 9.26. The third kappa shape index (κ3) is 3.24. The molecule has 1 aliphatic heterocycles. The number of amides is 1. The van der Waals surface area contributed by atoms with E-state index in [4.69, 9.17) is 4.74 Å². The molecule has 0 spiro atoms. The van der Waals surface area contributed by atoms with Crippen molar-refractivity contribution >= 4 is 5.91 Å². The summed E-state index contributed by atoms with van der Waals surface area (Å²) >= 11 is 0. The maximum absolute atomic E-state index is 12.7. The molecule has 2 heterocycles. The van der Waals surface area contributed by atoms with Gasteiger partial charge in [-0.3, -0.25) is 14.3 Å². The lowest BCUT2D eigenvalue weighted by Crippen LogP contribution is -2.45. The van der Waals surface area contributed by atoms with Crippen molar-refractivity contribution in [2.24, 2.45) is 0 Å². The number of carbonyl (C=O) groups is 1. The lowest BCUT2D eigenvalue weighted by molar-refractivity contribution is 0.0686. The predicted molar refractivity (Wildman–Crippen MR) is 107 cm³/mol. The molecule has 4 rings (SSSR count). The number of ether oxygens (including phenoxy) is 1. The molecule has 0 aliphatic carbocycles. The Kier molecular flexibility index (Phi) is 4.80. The molecule has 0 saturated heterocycles. The molecule has 1 unspecified atom stereocenters. The van der Waals surface area contributed by atoms with Gasteiger partial charge < -0.3 is 14.7 Å². The summed E-state index contributed by atoms with van der Waals surface area (Å²) in [6.45, 7) is 0.373. The van der Waals surface area contributed by atoms with E-state index >= 15 is 0 Å². The highest BCUT2D eigenvalue weighted by Gasteiger charge is 2.38. The maximum atomic E-state index is 12.7. The van der Waals surface area contributed by atoms with Crippen molar-refractivity contribution in [3.8, 4) is 11.5 Å². The van der Waals surface area contributed by atoms with Gasteiger partial charge in [0, 0.05) is 19.5 Å². The van der Waals surface area contributed by atoms with Gasteiger partial charge in [0.15, 0.2) is 11.4 Å². The molecule has 0 radical (unpaired) electrons. The van der Waals surface area contributed by atoms with Gasteiger partial charge in [-0.2, -0.15) is 5.10 Å². The minimum absolute atomic E-state index is 0.0833. The smallest absolute Gasteiger partial charge is 0.275 e. The Hall–Kier alpha value is -3.61. The molecular formula is C22H21N3O4. The van der Waals surface area contributed by atoms with Crippen LogP contribution in [0, 0.1) is 0 Å². The van der Waals surface area contributed by atoms with Crippen LogP contribution in [-0.2, 0) is 0 Å².